The van der Waals surface area contributed by atoms with E-state index in [1.807, 2.05) is 6.92 Å². The van der Waals surface area contributed by atoms with Crippen LogP contribution in [-0.2, 0) is 24.2 Å². The first-order valence-electron chi connectivity index (χ1n) is 8.08. The topological polar surface area (TPSA) is 64.0 Å². The van der Waals surface area contributed by atoms with Crippen LogP contribution in [0.5, 0.6) is 0 Å². The third-order valence-electron chi connectivity index (χ3n) is 4.47. The van der Waals surface area contributed by atoms with Gasteiger partial charge in [-0.3, -0.25) is 14.2 Å². The number of anilines is 1. The van der Waals surface area contributed by atoms with Crippen molar-refractivity contribution in [3.05, 3.63) is 55.9 Å². The smallest absolute Gasteiger partial charge is 0.262 e. The fourth-order valence-electron chi connectivity index (χ4n) is 3.24. The van der Waals surface area contributed by atoms with Crippen LogP contribution in [-0.4, -0.2) is 15.5 Å². The maximum Gasteiger partial charge on any atom is 0.262 e. The molecular weight excluding hydrogens is 358 g/mol. The number of carbonyl (C=O) groups excluding carboxylic acids is 1. The molecule has 0 fully saturated rings. The largest absolute Gasteiger partial charge is 0.324 e. The number of thiophene rings is 1. The van der Waals surface area contributed by atoms with Gasteiger partial charge < -0.3 is 5.32 Å². The molecule has 0 aliphatic heterocycles. The van der Waals surface area contributed by atoms with E-state index in [1.54, 1.807) is 29.5 Å². The van der Waals surface area contributed by atoms with Crippen molar-refractivity contribution in [3.63, 3.8) is 0 Å². The Bertz CT molecular complexity index is 1050. The van der Waals surface area contributed by atoms with Crippen molar-refractivity contribution in [1.82, 2.24) is 9.55 Å². The summed E-state index contributed by atoms with van der Waals surface area (Å²) in [6.07, 6.45) is 4.49. The van der Waals surface area contributed by atoms with Crippen molar-refractivity contribution in [2.45, 2.75) is 32.7 Å². The zero-order chi connectivity index (χ0) is 17.6. The Balaban J connectivity index is 1.61. The van der Waals surface area contributed by atoms with E-state index >= 15 is 0 Å². The van der Waals surface area contributed by atoms with Crippen molar-refractivity contribution in [1.29, 1.82) is 0 Å². The van der Waals surface area contributed by atoms with E-state index in [-0.39, 0.29) is 18.0 Å². The summed E-state index contributed by atoms with van der Waals surface area (Å²) in [5.41, 5.74) is 2.55. The van der Waals surface area contributed by atoms with Gasteiger partial charge in [-0.2, -0.15) is 0 Å². The monoisotopic (exact) mass is 373 g/mol. The van der Waals surface area contributed by atoms with E-state index in [2.05, 4.69) is 10.3 Å². The van der Waals surface area contributed by atoms with E-state index in [9.17, 15) is 9.59 Å². The summed E-state index contributed by atoms with van der Waals surface area (Å²) in [5, 5.41) is 4.13. The lowest BCUT2D eigenvalue weighted by Crippen LogP contribution is -2.28. The lowest BCUT2D eigenvalue weighted by molar-refractivity contribution is -0.116. The number of hydrogen-bond donors (Lipinski definition) is 1. The number of carbonyl (C=O) groups is 1. The maximum atomic E-state index is 12.8. The Morgan fingerprint density at radius 3 is 3.04 bits per heavy atom. The van der Waals surface area contributed by atoms with Gasteiger partial charge in [0, 0.05) is 15.6 Å². The number of nitrogens with one attached hydrogen (secondary N) is 1. The molecule has 1 aromatic carbocycles. The lowest BCUT2D eigenvalue weighted by Gasteiger charge is -2.10. The van der Waals surface area contributed by atoms with E-state index < -0.39 is 0 Å². The number of fused-ring (bicyclic) bond motifs is 3. The van der Waals surface area contributed by atoms with Crippen LogP contribution in [0, 0.1) is 6.92 Å². The molecule has 128 valence electrons. The molecule has 0 saturated heterocycles. The number of hydrogen-bond acceptors (Lipinski definition) is 4. The van der Waals surface area contributed by atoms with Crippen molar-refractivity contribution < 1.29 is 4.79 Å². The van der Waals surface area contributed by atoms with Gasteiger partial charge in [-0.1, -0.05) is 11.6 Å². The molecule has 0 spiro atoms. The Morgan fingerprint density at radius 1 is 1.40 bits per heavy atom. The van der Waals surface area contributed by atoms with Gasteiger partial charge in [0.15, 0.2) is 0 Å². The van der Waals surface area contributed by atoms with Crippen LogP contribution in [0.25, 0.3) is 10.2 Å². The molecule has 7 heteroatoms. The number of nitrogens with zero attached hydrogens (tertiary/aromatic N) is 2. The van der Waals surface area contributed by atoms with Gasteiger partial charge in [-0.05, 0) is 55.5 Å². The average molecular weight is 374 g/mol. The number of rotatable bonds is 3. The SMILES string of the molecule is Cc1cc(Cl)ccc1NC(=O)Cn1cnc2sc3c(c2c1=O)CCC3. The first kappa shape index (κ1) is 16.3. The molecule has 3 aromatic rings. The number of aryl methyl sites for hydroxylation is 3. The fourth-order valence-corrected chi connectivity index (χ4v) is 4.69. The second kappa shape index (κ2) is 6.28. The second-order valence-corrected chi connectivity index (χ2v) is 7.74. The van der Waals surface area contributed by atoms with E-state index in [4.69, 9.17) is 11.6 Å². The molecule has 0 unspecified atom stereocenters. The number of benzene rings is 1. The van der Waals surface area contributed by atoms with Gasteiger partial charge in [0.1, 0.15) is 11.4 Å². The highest BCUT2D eigenvalue weighted by Crippen LogP contribution is 2.34. The van der Waals surface area contributed by atoms with Crippen LogP contribution < -0.4 is 10.9 Å². The van der Waals surface area contributed by atoms with Crippen LogP contribution in [0.15, 0.2) is 29.3 Å². The molecule has 1 amide bonds. The minimum Gasteiger partial charge on any atom is -0.324 e. The molecule has 2 heterocycles. The zero-order valence-corrected chi connectivity index (χ0v) is 15.2. The average Bonchev–Trinajstić information content (AvgIpc) is 3.13. The molecule has 1 aliphatic carbocycles. The van der Waals surface area contributed by atoms with Gasteiger partial charge in [0.25, 0.3) is 5.56 Å². The lowest BCUT2D eigenvalue weighted by atomic mass is 10.2. The maximum absolute atomic E-state index is 12.8. The van der Waals surface area contributed by atoms with Crippen LogP contribution >= 0.6 is 22.9 Å². The summed E-state index contributed by atoms with van der Waals surface area (Å²) >= 11 is 7.53. The van der Waals surface area contributed by atoms with Crippen LogP contribution in [0.4, 0.5) is 5.69 Å². The van der Waals surface area contributed by atoms with Gasteiger partial charge in [0.2, 0.25) is 5.91 Å². The fraction of sp³-hybridized carbons (Fsp3) is 0.278. The molecule has 0 radical (unpaired) electrons. The Hall–Kier alpha value is -2.18. The van der Waals surface area contributed by atoms with E-state index in [1.165, 1.54) is 15.8 Å². The molecule has 0 saturated carbocycles. The highest BCUT2D eigenvalue weighted by Gasteiger charge is 2.21. The number of halogens is 1. The Kier molecular flexibility index (Phi) is 4.09. The summed E-state index contributed by atoms with van der Waals surface area (Å²) < 4.78 is 1.38. The quantitative estimate of drug-likeness (QED) is 0.763. The second-order valence-electron chi connectivity index (χ2n) is 6.22. The molecule has 2 aromatic heterocycles. The molecule has 5 nitrogen and oxygen atoms in total. The first-order chi connectivity index (χ1) is 12.0. The normalized spacial score (nSPS) is 13.2. The van der Waals surface area contributed by atoms with E-state index in [0.717, 1.165) is 35.2 Å². The highest BCUT2D eigenvalue weighted by atomic mass is 35.5. The first-order valence-corrected chi connectivity index (χ1v) is 9.28. The predicted molar refractivity (Wildman–Crippen MR) is 101 cm³/mol. The molecular formula is C18H16ClN3O2S. The minimum atomic E-state index is -0.263. The summed E-state index contributed by atoms with van der Waals surface area (Å²) in [6, 6.07) is 5.26. The summed E-state index contributed by atoms with van der Waals surface area (Å²) in [7, 11) is 0. The molecule has 25 heavy (non-hydrogen) atoms. The molecule has 4 rings (SSSR count). The van der Waals surface area contributed by atoms with Crippen LogP contribution in [0.3, 0.4) is 0 Å². The summed E-state index contributed by atoms with van der Waals surface area (Å²) in [5.74, 6) is -0.263. The van der Waals surface area contributed by atoms with E-state index in [0.29, 0.717) is 16.1 Å². The van der Waals surface area contributed by atoms with Gasteiger partial charge in [-0.15, -0.1) is 11.3 Å². The van der Waals surface area contributed by atoms with Crippen molar-refractivity contribution >= 4 is 44.7 Å². The Morgan fingerprint density at radius 2 is 2.24 bits per heavy atom. The predicted octanol–water partition coefficient (Wildman–Crippen LogP) is 3.55. The Labute approximate surface area is 153 Å². The highest BCUT2D eigenvalue weighted by molar-refractivity contribution is 7.18. The molecule has 0 bridgehead atoms. The number of aromatic nitrogens is 2. The number of amides is 1. The van der Waals surface area contributed by atoms with Crippen LogP contribution in [0.2, 0.25) is 5.02 Å². The molecule has 1 N–H and O–H groups in total. The van der Waals surface area contributed by atoms with Crippen LogP contribution in [0.1, 0.15) is 22.4 Å². The van der Waals surface area contributed by atoms with Crippen molar-refractivity contribution in [2.75, 3.05) is 5.32 Å². The van der Waals surface area contributed by atoms with Crippen molar-refractivity contribution in [3.8, 4) is 0 Å². The minimum absolute atomic E-state index is 0.0611. The van der Waals surface area contributed by atoms with Crippen molar-refractivity contribution in [2.24, 2.45) is 0 Å². The van der Waals surface area contributed by atoms with Gasteiger partial charge >= 0.3 is 0 Å². The molecule has 0 atom stereocenters. The van der Waals surface area contributed by atoms with Gasteiger partial charge in [-0.25, -0.2) is 4.98 Å². The summed E-state index contributed by atoms with van der Waals surface area (Å²) in [4.78, 5) is 31.6. The third-order valence-corrected chi connectivity index (χ3v) is 5.90. The molecule has 1 aliphatic rings. The summed E-state index contributed by atoms with van der Waals surface area (Å²) in [6.45, 7) is 1.81. The zero-order valence-electron chi connectivity index (χ0n) is 13.6. The van der Waals surface area contributed by atoms with Gasteiger partial charge in [0.05, 0.1) is 11.7 Å². The third kappa shape index (κ3) is 2.96. The standard InChI is InChI=1S/C18H16ClN3O2S/c1-10-7-11(19)5-6-13(10)21-15(23)8-22-9-20-17-16(18(22)24)12-3-2-4-14(12)25-17/h5-7,9H,2-4,8H2,1H3,(H,21,23).